The number of halogens is 1. The van der Waals surface area contributed by atoms with Gasteiger partial charge in [-0.15, -0.1) is 0 Å². The van der Waals surface area contributed by atoms with Crippen LogP contribution in [-0.4, -0.2) is 23.6 Å². The number of hydrogen-bond acceptors (Lipinski definition) is 4. The van der Waals surface area contributed by atoms with Gasteiger partial charge in [-0.2, -0.15) is 0 Å². The summed E-state index contributed by atoms with van der Waals surface area (Å²) in [6.45, 7) is 0.873. The second-order valence-corrected chi connectivity index (χ2v) is 4.37. The molecule has 16 heavy (non-hydrogen) atoms. The molecule has 0 radical (unpaired) electrons. The molecule has 4 nitrogen and oxygen atoms in total. The first-order chi connectivity index (χ1) is 7.72. The molecule has 0 saturated heterocycles. The molecule has 0 atom stereocenters. The van der Waals surface area contributed by atoms with Crippen molar-refractivity contribution in [1.29, 1.82) is 0 Å². The predicted molar refractivity (Wildman–Crippen MR) is 69.3 cm³/mol. The Morgan fingerprint density at radius 3 is 2.94 bits per heavy atom. The van der Waals surface area contributed by atoms with E-state index in [4.69, 9.17) is 5.73 Å². The van der Waals surface area contributed by atoms with Gasteiger partial charge >= 0.3 is 0 Å². The number of nitrogens with zero attached hydrogens (tertiary/aromatic N) is 2. The molecule has 0 saturated carbocycles. The number of nitrogens with two attached hydrogens (primary N) is 1. The minimum absolute atomic E-state index is 0.325. The lowest BCUT2D eigenvalue weighted by molar-refractivity contribution is 0.780. The monoisotopic (exact) mass is 280 g/mol. The van der Waals surface area contributed by atoms with Gasteiger partial charge in [-0.1, -0.05) is 12.1 Å². The summed E-state index contributed by atoms with van der Waals surface area (Å²) in [5.41, 5.74) is 7.56. The highest BCUT2D eigenvalue weighted by atomic mass is 79.9. The van der Waals surface area contributed by atoms with Crippen molar-refractivity contribution in [2.45, 2.75) is 6.42 Å². The Bertz CT molecular complexity index is 513. The molecule has 84 valence electrons. The van der Waals surface area contributed by atoms with Gasteiger partial charge in [0.15, 0.2) is 0 Å². The zero-order valence-corrected chi connectivity index (χ0v) is 10.6. The van der Waals surface area contributed by atoms with E-state index in [1.54, 1.807) is 0 Å². The number of likely N-dealkylation sites (N-methyl/N-ethyl adjacent to an activating group) is 1. The Morgan fingerprint density at radius 1 is 1.38 bits per heavy atom. The number of anilines is 1. The highest BCUT2D eigenvalue weighted by Gasteiger charge is 2.07. The molecule has 0 amide bonds. The summed E-state index contributed by atoms with van der Waals surface area (Å²) in [4.78, 5) is 8.53. The van der Waals surface area contributed by atoms with Crippen LogP contribution in [0.3, 0.4) is 0 Å². The zero-order valence-electron chi connectivity index (χ0n) is 9.00. The van der Waals surface area contributed by atoms with E-state index in [2.05, 4.69) is 31.2 Å². The Hall–Kier alpha value is -1.20. The second-order valence-electron chi connectivity index (χ2n) is 3.52. The van der Waals surface area contributed by atoms with Crippen molar-refractivity contribution < 1.29 is 0 Å². The normalized spacial score (nSPS) is 10.9. The molecule has 5 heteroatoms. The van der Waals surface area contributed by atoms with Gasteiger partial charge in [-0.05, 0) is 29.0 Å². The molecule has 2 rings (SSSR count). The average molecular weight is 281 g/mol. The van der Waals surface area contributed by atoms with Gasteiger partial charge in [0, 0.05) is 22.8 Å². The van der Waals surface area contributed by atoms with Crippen LogP contribution in [0.2, 0.25) is 0 Å². The van der Waals surface area contributed by atoms with E-state index in [1.807, 2.05) is 25.2 Å². The van der Waals surface area contributed by atoms with Crippen LogP contribution in [0.4, 0.5) is 5.95 Å². The maximum Gasteiger partial charge on any atom is 0.220 e. The van der Waals surface area contributed by atoms with Gasteiger partial charge in [0.1, 0.15) is 0 Å². The van der Waals surface area contributed by atoms with E-state index >= 15 is 0 Å². The number of hydrogen-bond donors (Lipinski definition) is 2. The van der Waals surface area contributed by atoms with Crippen molar-refractivity contribution in [3.63, 3.8) is 0 Å². The minimum atomic E-state index is 0.325. The van der Waals surface area contributed by atoms with Crippen LogP contribution in [0.25, 0.3) is 10.9 Å². The molecule has 2 aromatic rings. The average Bonchev–Trinajstić information content (AvgIpc) is 2.27. The lowest BCUT2D eigenvalue weighted by atomic mass is 10.1. The third kappa shape index (κ3) is 2.15. The van der Waals surface area contributed by atoms with E-state index in [1.165, 1.54) is 0 Å². The fourth-order valence-electron chi connectivity index (χ4n) is 1.63. The molecule has 0 bridgehead atoms. The molecule has 0 aliphatic carbocycles. The van der Waals surface area contributed by atoms with Gasteiger partial charge in [-0.25, -0.2) is 9.97 Å². The quantitative estimate of drug-likeness (QED) is 0.899. The van der Waals surface area contributed by atoms with Crippen LogP contribution in [0, 0.1) is 0 Å². The Morgan fingerprint density at radius 2 is 2.19 bits per heavy atom. The largest absolute Gasteiger partial charge is 0.368 e. The van der Waals surface area contributed by atoms with Crippen molar-refractivity contribution in [2.75, 3.05) is 19.3 Å². The molecule has 0 spiro atoms. The van der Waals surface area contributed by atoms with Gasteiger partial charge in [0.2, 0.25) is 5.95 Å². The Kier molecular flexibility index (Phi) is 3.36. The third-order valence-electron chi connectivity index (χ3n) is 2.39. The predicted octanol–water partition coefficient (Wildman–Crippen LogP) is 1.74. The number of fused-ring (bicyclic) bond motifs is 1. The maximum absolute atomic E-state index is 5.70. The van der Waals surface area contributed by atoms with Gasteiger partial charge in [-0.3, -0.25) is 0 Å². The fraction of sp³-hybridized carbons (Fsp3) is 0.273. The lowest BCUT2D eigenvalue weighted by Gasteiger charge is -2.07. The van der Waals surface area contributed by atoms with Gasteiger partial charge in [0.05, 0.1) is 11.2 Å². The minimum Gasteiger partial charge on any atom is -0.368 e. The van der Waals surface area contributed by atoms with Gasteiger partial charge < -0.3 is 11.1 Å². The van der Waals surface area contributed by atoms with Crippen LogP contribution in [0.15, 0.2) is 22.7 Å². The summed E-state index contributed by atoms with van der Waals surface area (Å²) in [5.74, 6) is 0.325. The number of nitrogen functional groups attached to an aromatic ring is 1. The summed E-state index contributed by atoms with van der Waals surface area (Å²) < 4.78 is 0.949. The summed E-state index contributed by atoms with van der Waals surface area (Å²) >= 11 is 3.47. The topological polar surface area (TPSA) is 63.8 Å². The second kappa shape index (κ2) is 4.76. The number of rotatable bonds is 3. The highest BCUT2D eigenvalue weighted by molar-refractivity contribution is 9.10. The van der Waals surface area contributed by atoms with Crippen molar-refractivity contribution in [1.82, 2.24) is 15.3 Å². The van der Waals surface area contributed by atoms with Crippen LogP contribution in [0.5, 0.6) is 0 Å². The molecule has 0 fully saturated rings. The van der Waals surface area contributed by atoms with Crippen molar-refractivity contribution in [2.24, 2.45) is 0 Å². The number of para-hydroxylation sites is 1. The Balaban J connectivity index is 2.59. The number of aromatic nitrogens is 2. The molecule has 1 heterocycles. The molecule has 3 N–H and O–H groups in total. The molecule has 0 aliphatic heterocycles. The highest BCUT2D eigenvalue weighted by Crippen LogP contribution is 2.24. The smallest absolute Gasteiger partial charge is 0.220 e. The SMILES string of the molecule is CNCCc1nc(N)nc2c(Br)cccc12. The fourth-order valence-corrected chi connectivity index (χ4v) is 2.09. The van der Waals surface area contributed by atoms with Crippen LogP contribution in [-0.2, 0) is 6.42 Å². The maximum atomic E-state index is 5.70. The summed E-state index contributed by atoms with van der Waals surface area (Å²) in [5, 5.41) is 4.16. The summed E-state index contributed by atoms with van der Waals surface area (Å²) in [6, 6.07) is 5.95. The van der Waals surface area contributed by atoms with Gasteiger partial charge in [0.25, 0.3) is 0 Å². The molecule has 0 unspecified atom stereocenters. The molecule has 0 aliphatic rings. The van der Waals surface area contributed by atoms with Crippen LogP contribution < -0.4 is 11.1 Å². The zero-order chi connectivity index (χ0) is 11.5. The van der Waals surface area contributed by atoms with E-state index in [0.717, 1.165) is 34.0 Å². The number of benzene rings is 1. The van der Waals surface area contributed by atoms with E-state index in [0.29, 0.717) is 5.95 Å². The lowest BCUT2D eigenvalue weighted by Crippen LogP contribution is -2.12. The number of nitrogens with one attached hydrogen (secondary N) is 1. The van der Waals surface area contributed by atoms with Crippen molar-refractivity contribution >= 4 is 32.8 Å². The van der Waals surface area contributed by atoms with Crippen molar-refractivity contribution in [3.05, 3.63) is 28.4 Å². The first kappa shape index (κ1) is 11.3. The standard InChI is InChI=1S/C11H13BrN4/c1-14-6-5-9-7-3-2-4-8(12)10(7)16-11(13)15-9/h2-4,14H,5-6H2,1H3,(H2,13,15,16). The van der Waals surface area contributed by atoms with E-state index in [-0.39, 0.29) is 0 Å². The van der Waals surface area contributed by atoms with E-state index in [9.17, 15) is 0 Å². The molecule has 1 aromatic carbocycles. The summed E-state index contributed by atoms with van der Waals surface area (Å²) in [6.07, 6.45) is 0.843. The van der Waals surface area contributed by atoms with Crippen molar-refractivity contribution in [3.8, 4) is 0 Å². The van der Waals surface area contributed by atoms with Crippen LogP contribution >= 0.6 is 15.9 Å². The molecular formula is C11H13BrN4. The molecular weight excluding hydrogens is 268 g/mol. The first-order valence-electron chi connectivity index (χ1n) is 5.07. The Labute approximate surface area is 102 Å². The van der Waals surface area contributed by atoms with Crippen LogP contribution in [0.1, 0.15) is 5.69 Å². The van der Waals surface area contributed by atoms with E-state index < -0.39 is 0 Å². The summed E-state index contributed by atoms with van der Waals surface area (Å²) in [7, 11) is 1.92. The third-order valence-corrected chi connectivity index (χ3v) is 3.03. The molecule has 1 aromatic heterocycles. The first-order valence-corrected chi connectivity index (χ1v) is 5.87.